The average Bonchev–Trinajstić information content (AvgIpc) is 3.20. The number of para-hydroxylation sites is 1. The first-order valence-electron chi connectivity index (χ1n) is 9.85. The lowest BCUT2D eigenvalue weighted by atomic mass is 10.2. The zero-order valence-corrected chi connectivity index (χ0v) is 19.5. The largest absolute Gasteiger partial charge is 0.482 e. The Morgan fingerprint density at radius 2 is 1.88 bits per heavy atom. The van der Waals surface area contributed by atoms with Crippen molar-refractivity contribution in [1.82, 2.24) is 0 Å². The Kier molecular flexibility index (Phi) is 6.33. The van der Waals surface area contributed by atoms with E-state index in [4.69, 9.17) is 27.9 Å². The lowest BCUT2D eigenvalue weighted by Crippen LogP contribution is -2.29. The van der Waals surface area contributed by atoms with Crippen LogP contribution in [0.1, 0.15) is 11.1 Å². The molecule has 9 heteroatoms. The Bertz CT molecular complexity index is 1290. The Morgan fingerprint density at radius 1 is 1.09 bits per heavy atom. The van der Waals surface area contributed by atoms with Crippen LogP contribution in [0.2, 0.25) is 10.0 Å². The topological polar surface area (TPSA) is 75.7 Å². The van der Waals surface area contributed by atoms with Crippen LogP contribution in [-0.4, -0.2) is 27.5 Å². The summed E-state index contributed by atoms with van der Waals surface area (Å²) < 4.78 is 33.2. The molecule has 0 aliphatic carbocycles. The van der Waals surface area contributed by atoms with E-state index in [0.717, 1.165) is 11.1 Å². The second-order valence-corrected chi connectivity index (χ2v) is 10.1. The van der Waals surface area contributed by atoms with Crippen LogP contribution in [0.4, 0.5) is 11.4 Å². The summed E-state index contributed by atoms with van der Waals surface area (Å²) in [6.45, 7) is 1.93. The fourth-order valence-corrected chi connectivity index (χ4v) is 5.50. The number of sulfonamides is 1. The van der Waals surface area contributed by atoms with E-state index in [0.29, 0.717) is 29.4 Å². The van der Waals surface area contributed by atoms with E-state index < -0.39 is 15.9 Å². The standard InChI is InChI=1S/C23H20Cl2N2O4S/c1-15-6-7-17(24)12-20(15)26-23(28)14-31-22-9-8-18(13-19(22)25)32(29,30)27-11-10-16-4-2-3-5-21(16)27/h2-9,12-13H,10-11,14H2,1H3,(H,26,28). The van der Waals surface area contributed by atoms with E-state index in [2.05, 4.69) is 5.32 Å². The van der Waals surface area contributed by atoms with E-state index in [1.165, 1.54) is 22.5 Å². The highest BCUT2D eigenvalue weighted by molar-refractivity contribution is 7.92. The number of halogens is 2. The number of carbonyl (C=O) groups is 1. The van der Waals surface area contributed by atoms with Crippen LogP contribution in [-0.2, 0) is 21.2 Å². The van der Waals surface area contributed by atoms with Gasteiger partial charge in [-0.05, 0) is 60.9 Å². The van der Waals surface area contributed by atoms with Crippen LogP contribution >= 0.6 is 23.2 Å². The zero-order chi connectivity index (χ0) is 22.9. The van der Waals surface area contributed by atoms with Crippen molar-refractivity contribution in [2.75, 3.05) is 22.8 Å². The number of amides is 1. The summed E-state index contributed by atoms with van der Waals surface area (Å²) >= 11 is 12.2. The molecule has 0 unspecified atom stereocenters. The van der Waals surface area contributed by atoms with E-state index in [9.17, 15) is 13.2 Å². The highest BCUT2D eigenvalue weighted by Crippen LogP contribution is 2.35. The van der Waals surface area contributed by atoms with Crippen LogP contribution < -0.4 is 14.4 Å². The molecule has 166 valence electrons. The van der Waals surface area contributed by atoms with Gasteiger partial charge in [0.05, 0.1) is 15.6 Å². The van der Waals surface area contributed by atoms with Crippen molar-refractivity contribution in [2.45, 2.75) is 18.2 Å². The molecule has 0 saturated carbocycles. The Labute approximate surface area is 196 Å². The second-order valence-electron chi connectivity index (χ2n) is 7.34. The molecule has 3 aromatic rings. The van der Waals surface area contributed by atoms with Gasteiger partial charge in [-0.1, -0.05) is 47.5 Å². The lowest BCUT2D eigenvalue weighted by molar-refractivity contribution is -0.118. The van der Waals surface area contributed by atoms with Crippen molar-refractivity contribution >= 4 is 50.5 Å². The summed E-state index contributed by atoms with van der Waals surface area (Å²) in [5.74, 6) is -0.179. The van der Waals surface area contributed by atoms with E-state index in [-0.39, 0.29) is 22.3 Å². The summed E-state index contributed by atoms with van der Waals surface area (Å²) in [5, 5.41) is 3.34. The molecule has 1 N–H and O–H groups in total. The molecule has 0 radical (unpaired) electrons. The third kappa shape index (κ3) is 4.55. The van der Waals surface area contributed by atoms with E-state index in [1.54, 1.807) is 24.3 Å². The molecular weight excluding hydrogens is 471 g/mol. The van der Waals surface area contributed by atoms with Crippen molar-refractivity contribution in [1.29, 1.82) is 0 Å². The molecule has 0 aromatic heterocycles. The molecule has 6 nitrogen and oxygen atoms in total. The molecule has 4 rings (SSSR count). The molecule has 0 atom stereocenters. The van der Waals surface area contributed by atoms with Crippen LogP contribution in [0, 0.1) is 6.92 Å². The van der Waals surface area contributed by atoms with Crippen molar-refractivity contribution in [3.8, 4) is 5.75 Å². The smallest absolute Gasteiger partial charge is 0.264 e. The summed E-state index contributed by atoms with van der Waals surface area (Å²) in [4.78, 5) is 12.3. The summed E-state index contributed by atoms with van der Waals surface area (Å²) in [6.07, 6.45) is 0.658. The molecule has 1 aliphatic heterocycles. The van der Waals surface area contributed by atoms with Gasteiger partial charge in [-0.15, -0.1) is 0 Å². The number of carbonyl (C=O) groups excluding carboxylic acids is 1. The number of fused-ring (bicyclic) bond motifs is 1. The fraction of sp³-hybridized carbons (Fsp3) is 0.174. The molecule has 0 bridgehead atoms. The molecule has 32 heavy (non-hydrogen) atoms. The van der Waals surface area contributed by atoms with Crippen molar-refractivity contribution in [2.24, 2.45) is 0 Å². The first kappa shape index (κ1) is 22.5. The van der Waals surface area contributed by atoms with Crippen molar-refractivity contribution in [3.63, 3.8) is 0 Å². The number of ether oxygens (including phenoxy) is 1. The van der Waals surface area contributed by atoms with Gasteiger partial charge in [0.15, 0.2) is 6.61 Å². The summed E-state index contributed by atoms with van der Waals surface area (Å²) in [5.41, 5.74) is 3.11. The number of hydrogen-bond acceptors (Lipinski definition) is 4. The van der Waals surface area contributed by atoms with E-state index in [1.807, 2.05) is 25.1 Å². The molecule has 0 spiro atoms. The molecule has 0 saturated heterocycles. The van der Waals surface area contributed by atoms with Crippen LogP contribution in [0.5, 0.6) is 5.75 Å². The molecule has 1 heterocycles. The monoisotopic (exact) mass is 490 g/mol. The Morgan fingerprint density at radius 3 is 2.66 bits per heavy atom. The van der Waals surface area contributed by atoms with Gasteiger partial charge in [-0.2, -0.15) is 0 Å². The number of anilines is 2. The van der Waals surface area contributed by atoms with Gasteiger partial charge in [0.1, 0.15) is 5.75 Å². The number of hydrogen-bond donors (Lipinski definition) is 1. The quantitative estimate of drug-likeness (QED) is 0.523. The SMILES string of the molecule is Cc1ccc(Cl)cc1NC(=O)COc1ccc(S(=O)(=O)N2CCc3ccccc32)cc1Cl. The van der Waals surface area contributed by atoms with Gasteiger partial charge >= 0.3 is 0 Å². The molecule has 1 amide bonds. The zero-order valence-electron chi connectivity index (χ0n) is 17.1. The van der Waals surface area contributed by atoms with E-state index >= 15 is 0 Å². The minimum atomic E-state index is -3.77. The Hall–Kier alpha value is -2.74. The molecule has 3 aromatic carbocycles. The van der Waals surface area contributed by atoms with Gasteiger partial charge in [-0.3, -0.25) is 9.10 Å². The number of aryl methyl sites for hydroxylation is 1. The maximum Gasteiger partial charge on any atom is 0.264 e. The lowest BCUT2D eigenvalue weighted by Gasteiger charge is -2.20. The van der Waals surface area contributed by atoms with Crippen molar-refractivity contribution < 1.29 is 17.9 Å². The first-order chi connectivity index (χ1) is 15.3. The van der Waals surface area contributed by atoms with Crippen LogP contribution in [0.15, 0.2) is 65.6 Å². The number of nitrogens with one attached hydrogen (secondary N) is 1. The Balaban J connectivity index is 1.45. The van der Waals surface area contributed by atoms with Gasteiger partial charge in [0, 0.05) is 17.3 Å². The highest BCUT2D eigenvalue weighted by Gasteiger charge is 2.31. The third-order valence-electron chi connectivity index (χ3n) is 5.17. The van der Waals surface area contributed by atoms with Gasteiger partial charge < -0.3 is 10.1 Å². The predicted octanol–water partition coefficient (Wildman–Crippen LogP) is 5.07. The third-order valence-corrected chi connectivity index (χ3v) is 7.51. The maximum absolute atomic E-state index is 13.1. The second kappa shape index (κ2) is 9.02. The minimum absolute atomic E-state index is 0.0607. The van der Waals surface area contributed by atoms with Crippen LogP contribution in [0.25, 0.3) is 0 Å². The number of rotatable bonds is 6. The molecule has 1 aliphatic rings. The molecule has 0 fully saturated rings. The fourth-order valence-electron chi connectivity index (χ4n) is 3.50. The molecular formula is C23H20Cl2N2O4S. The highest BCUT2D eigenvalue weighted by atomic mass is 35.5. The predicted molar refractivity (Wildman–Crippen MR) is 126 cm³/mol. The van der Waals surface area contributed by atoms with Gasteiger partial charge in [0.2, 0.25) is 0 Å². The number of nitrogens with zero attached hydrogens (tertiary/aromatic N) is 1. The maximum atomic E-state index is 13.1. The minimum Gasteiger partial charge on any atom is -0.482 e. The first-order valence-corrected chi connectivity index (χ1v) is 12.0. The average molecular weight is 491 g/mol. The normalized spacial score (nSPS) is 13.0. The summed E-state index contributed by atoms with van der Waals surface area (Å²) in [6, 6.07) is 16.8. The summed E-state index contributed by atoms with van der Waals surface area (Å²) in [7, 11) is -3.77. The number of benzene rings is 3. The van der Waals surface area contributed by atoms with Gasteiger partial charge in [-0.25, -0.2) is 8.42 Å². The van der Waals surface area contributed by atoms with Crippen molar-refractivity contribution in [3.05, 3.63) is 81.8 Å². The van der Waals surface area contributed by atoms with Gasteiger partial charge in [0.25, 0.3) is 15.9 Å². The van der Waals surface area contributed by atoms with Crippen LogP contribution in [0.3, 0.4) is 0 Å².